The lowest BCUT2D eigenvalue weighted by Crippen LogP contribution is -2.07. The molecule has 10 heteroatoms. The summed E-state index contributed by atoms with van der Waals surface area (Å²) in [6.45, 7) is 2.12. The lowest BCUT2D eigenvalue weighted by molar-refractivity contribution is 0.160. The largest absolute Gasteiger partial charge is 0.610 e. The highest BCUT2D eigenvalue weighted by Gasteiger charge is 2.20. The predicted molar refractivity (Wildman–Crippen MR) is 72.6 cm³/mol. The second-order valence-corrected chi connectivity index (χ2v) is 6.60. The maximum atomic E-state index is 12.6. The average Bonchev–Trinajstić information content (AvgIpc) is 2.77. The molecule has 0 amide bonds. The summed E-state index contributed by atoms with van der Waals surface area (Å²) in [4.78, 5) is 8.66. The topological polar surface area (TPSA) is 57.5 Å². The van der Waals surface area contributed by atoms with Gasteiger partial charge in [0.25, 0.3) is 0 Å². The molecule has 1 unspecified atom stereocenters. The van der Waals surface area contributed by atoms with E-state index in [2.05, 4.69) is 10.1 Å². The van der Waals surface area contributed by atoms with Crippen molar-refractivity contribution in [2.45, 2.75) is 17.7 Å². The SMILES string of the molecule is CCO/N=C/c1nc([S+]([O-])CCC(F)=C(F)F)sc1Cl. The number of hydrogen-bond donors (Lipinski definition) is 0. The van der Waals surface area contributed by atoms with Crippen LogP contribution in [0.1, 0.15) is 19.0 Å². The second-order valence-electron chi connectivity index (χ2n) is 3.26. The Bertz CT molecular complexity index is 507. The molecular formula is C10H10ClF3N2O2S2. The Morgan fingerprint density at radius 1 is 1.55 bits per heavy atom. The molecule has 1 aromatic rings. The molecule has 0 aliphatic carbocycles. The minimum absolute atomic E-state index is 0.125. The maximum Gasteiger partial charge on any atom is 0.303 e. The van der Waals surface area contributed by atoms with Gasteiger partial charge in [0.2, 0.25) is 0 Å². The van der Waals surface area contributed by atoms with Crippen molar-refractivity contribution >= 4 is 40.3 Å². The van der Waals surface area contributed by atoms with Gasteiger partial charge < -0.3 is 9.39 Å². The van der Waals surface area contributed by atoms with Crippen LogP contribution in [0.3, 0.4) is 0 Å². The third kappa shape index (κ3) is 5.31. The first-order valence-electron chi connectivity index (χ1n) is 5.35. The van der Waals surface area contributed by atoms with Crippen molar-refractivity contribution in [3.05, 3.63) is 21.9 Å². The molecule has 4 nitrogen and oxygen atoms in total. The summed E-state index contributed by atoms with van der Waals surface area (Å²) < 4.78 is 48.5. The summed E-state index contributed by atoms with van der Waals surface area (Å²) in [6, 6.07) is 0. The molecule has 0 bridgehead atoms. The molecule has 0 spiro atoms. The standard InChI is InChI=1S/C10H10ClF3N2O2S2/c1-2-18-15-5-7-8(11)19-10(16-7)20(17)4-3-6(12)9(13)14/h5H,2-4H2,1H3/b15-5+. The van der Waals surface area contributed by atoms with Gasteiger partial charge in [0, 0.05) is 11.2 Å². The summed E-state index contributed by atoms with van der Waals surface area (Å²) in [5, 5.41) is 3.56. The molecule has 1 aromatic heterocycles. The first kappa shape index (κ1) is 17.3. The van der Waals surface area contributed by atoms with Gasteiger partial charge in [-0.2, -0.15) is 13.8 Å². The lowest BCUT2D eigenvalue weighted by Gasteiger charge is -2.04. The molecule has 0 N–H and O–H groups in total. The van der Waals surface area contributed by atoms with Gasteiger partial charge in [0.1, 0.15) is 22.4 Å². The smallest absolute Gasteiger partial charge is 0.303 e. The zero-order valence-electron chi connectivity index (χ0n) is 10.2. The Labute approximate surface area is 125 Å². The minimum atomic E-state index is -2.40. The minimum Gasteiger partial charge on any atom is -0.610 e. The van der Waals surface area contributed by atoms with Crippen molar-refractivity contribution in [3.8, 4) is 0 Å². The van der Waals surface area contributed by atoms with Crippen LogP contribution in [0, 0.1) is 0 Å². The van der Waals surface area contributed by atoms with Crippen molar-refractivity contribution in [3.63, 3.8) is 0 Å². The van der Waals surface area contributed by atoms with Crippen molar-refractivity contribution < 1.29 is 22.6 Å². The van der Waals surface area contributed by atoms with E-state index in [1.165, 1.54) is 6.21 Å². The van der Waals surface area contributed by atoms with E-state index in [0.717, 1.165) is 11.3 Å². The number of halogens is 4. The molecular weight excluding hydrogens is 337 g/mol. The van der Waals surface area contributed by atoms with Gasteiger partial charge in [-0.25, -0.2) is 4.39 Å². The molecule has 0 fully saturated rings. The fraction of sp³-hybridized carbons (Fsp3) is 0.400. The van der Waals surface area contributed by atoms with Gasteiger partial charge >= 0.3 is 10.4 Å². The molecule has 1 atom stereocenters. The quantitative estimate of drug-likeness (QED) is 0.429. The average molecular weight is 347 g/mol. The molecule has 0 saturated heterocycles. The third-order valence-electron chi connectivity index (χ3n) is 1.88. The molecule has 20 heavy (non-hydrogen) atoms. The zero-order chi connectivity index (χ0) is 15.1. The normalized spacial score (nSPS) is 12.7. The Hall–Kier alpha value is -0.770. The number of nitrogens with zero attached hydrogens (tertiary/aromatic N) is 2. The van der Waals surface area contributed by atoms with Gasteiger partial charge in [-0.1, -0.05) is 28.1 Å². The van der Waals surface area contributed by atoms with Crippen LogP contribution < -0.4 is 0 Å². The van der Waals surface area contributed by atoms with Crippen molar-refractivity contribution in [2.24, 2.45) is 5.16 Å². The van der Waals surface area contributed by atoms with E-state index in [9.17, 15) is 17.7 Å². The fourth-order valence-corrected chi connectivity index (χ4v) is 3.56. The monoisotopic (exact) mass is 346 g/mol. The van der Waals surface area contributed by atoms with Gasteiger partial charge in [-0.05, 0) is 6.92 Å². The molecule has 0 radical (unpaired) electrons. The van der Waals surface area contributed by atoms with Crippen LogP contribution in [0.5, 0.6) is 0 Å². The van der Waals surface area contributed by atoms with Crippen LogP contribution in [0.2, 0.25) is 4.34 Å². The third-order valence-corrected chi connectivity index (χ3v) is 4.82. The Morgan fingerprint density at radius 3 is 2.85 bits per heavy atom. The number of aromatic nitrogens is 1. The number of rotatable bonds is 7. The van der Waals surface area contributed by atoms with Gasteiger partial charge in [-0.3, -0.25) is 0 Å². The number of thiazole rings is 1. The van der Waals surface area contributed by atoms with Gasteiger partial charge in [-0.15, -0.1) is 0 Å². The lowest BCUT2D eigenvalue weighted by atomic mass is 10.4. The highest BCUT2D eigenvalue weighted by atomic mass is 35.5. The summed E-state index contributed by atoms with van der Waals surface area (Å²) in [5.74, 6) is -1.87. The van der Waals surface area contributed by atoms with Crippen molar-refractivity contribution in [2.75, 3.05) is 12.4 Å². The first-order valence-corrected chi connectivity index (χ1v) is 7.86. The molecule has 1 rings (SSSR count). The van der Waals surface area contributed by atoms with Crippen molar-refractivity contribution in [1.82, 2.24) is 4.98 Å². The predicted octanol–water partition coefficient (Wildman–Crippen LogP) is 3.74. The molecule has 0 aliphatic heterocycles. The Balaban J connectivity index is 2.67. The van der Waals surface area contributed by atoms with E-state index in [-0.39, 0.29) is 20.1 Å². The van der Waals surface area contributed by atoms with E-state index < -0.39 is 29.5 Å². The first-order chi connectivity index (χ1) is 9.45. The van der Waals surface area contributed by atoms with E-state index in [1.54, 1.807) is 6.92 Å². The second kappa shape index (κ2) is 8.50. The van der Waals surface area contributed by atoms with Gasteiger partial charge in [0.15, 0.2) is 5.83 Å². The highest BCUT2D eigenvalue weighted by Crippen LogP contribution is 2.28. The van der Waals surface area contributed by atoms with E-state index in [4.69, 9.17) is 16.4 Å². The zero-order valence-corrected chi connectivity index (χ0v) is 12.6. The Kier molecular flexibility index (Phi) is 7.35. The van der Waals surface area contributed by atoms with Crippen LogP contribution in [-0.2, 0) is 16.0 Å². The summed E-state index contributed by atoms with van der Waals surface area (Å²) in [7, 11) is 0. The number of oxime groups is 1. The highest BCUT2D eigenvalue weighted by molar-refractivity contribution is 7.93. The summed E-state index contributed by atoms with van der Waals surface area (Å²) in [6.07, 6.45) is -1.76. The van der Waals surface area contributed by atoms with Crippen LogP contribution in [0.4, 0.5) is 13.2 Å². The molecule has 0 aromatic carbocycles. The molecule has 1 heterocycles. The molecule has 112 valence electrons. The number of allylic oxidation sites excluding steroid dienone is 1. The van der Waals surface area contributed by atoms with Crippen LogP contribution >= 0.6 is 22.9 Å². The summed E-state index contributed by atoms with van der Waals surface area (Å²) >= 11 is 5.07. The molecule has 0 aliphatic rings. The molecule has 0 saturated carbocycles. The number of hydrogen-bond acceptors (Lipinski definition) is 5. The summed E-state index contributed by atoms with van der Waals surface area (Å²) in [5.41, 5.74) is 0.265. The fourth-order valence-electron chi connectivity index (χ4n) is 0.997. The van der Waals surface area contributed by atoms with E-state index in [1.807, 2.05) is 0 Å². The van der Waals surface area contributed by atoms with Crippen LogP contribution in [0.25, 0.3) is 0 Å². The van der Waals surface area contributed by atoms with Crippen LogP contribution in [-0.4, -0.2) is 28.1 Å². The van der Waals surface area contributed by atoms with Crippen molar-refractivity contribution in [1.29, 1.82) is 0 Å². The van der Waals surface area contributed by atoms with Crippen LogP contribution in [0.15, 0.2) is 21.4 Å². The maximum absolute atomic E-state index is 12.6. The van der Waals surface area contributed by atoms with E-state index >= 15 is 0 Å². The van der Waals surface area contributed by atoms with E-state index in [0.29, 0.717) is 6.61 Å². The Morgan fingerprint density at radius 2 is 2.25 bits per heavy atom. The van der Waals surface area contributed by atoms with Gasteiger partial charge in [0.05, 0.1) is 12.6 Å².